The number of aromatic nitrogens is 1. The fourth-order valence-electron chi connectivity index (χ4n) is 3.67. The van der Waals surface area contributed by atoms with Gasteiger partial charge in [-0.25, -0.2) is 14.6 Å². The number of ether oxygens (including phenoxy) is 1. The Kier molecular flexibility index (Phi) is 6.67. The van der Waals surface area contributed by atoms with E-state index in [0.29, 0.717) is 31.9 Å². The monoisotopic (exact) mass is 475 g/mol. The number of benzene rings is 1. The summed E-state index contributed by atoms with van der Waals surface area (Å²) in [5, 5.41) is 26.9. The van der Waals surface area contributed by atoms with Gasteiger partial charge in [0.25, 0.3) is 0 Å². The predicted octanol–water partition coefficient (Wildman–Crippen LogP) is -0.354. The van der Waals surface area contributed by atoms with Crippen molar-refractivity contribution < 1.29 is 33.9 Å². The lowest BCUT2D eigenvalue weighted by Gasteiger charge is -2.31. The number of carbonyl (C=O) groups is 3. The van der Waals surface area contributed by atoms with Crippen LogP contribution >= 0.6 is 11.3 Å². The molecule has 1 saturated heterocycles. The molecule has 0 aliphatic carbocycles. The molecule has 0 saturated carbocycles. The van der Waals surface area contributed by atoms with Gasteiger partial charge in [0.05, 0.1) is 30.4 Å². The predicted molar refractivity (Wildman–Crippen MR) is 118 cm³/mol. The molecule has 2 aliphatic heterocycles. The zero-order chi connectivity index (χ0) is 23.5. The highest BCUT2D eigenvalue weighted by molar-refractivity contribution is 7.13. The molecule has 6 N–H and O–H groups in total. The van der Waals surface area contributed by atoms with Crippen molar-refractivity contribution in [3.63, 3.8) is 0 Å². The standard InChI is InChI=1S/C19H22BN5O7S/c21-18-22-12(9-33-18)14(24-19(29)25-4-6-31-7-5-25)16(26)23-13-8-10-2-1-3-11(17(27)28)15(10)32-20(13)30/h1-3,9,13-14,30H,4-8H2,(H2,21,22)(H,23,26)(H,24,29)(H,27,28)/t13-,14?/m0/s1. The zero-order valence-electron chi connectivity index (χ0n) is 17.4. The first-order valence-electron chi connectivity index (χ1n) is 10.2. The molecular formula is C19H22BN5O7S. The van der Waals surface area contributed by atoms with E-state index in [0.717, 1.165) is 11.3 Å². The zero-order valence-corrected chi connectivity index (χ0v) is 18.2. The minimum atomic E-state index is -1.49. The average molecular weight is 475 g/mol. The van der Waals surface area contributed by atoms with E-state index in [4.69, 9.17) is 15.1 Å². The lowest BCUT2D eigenvalue weighted by atomic mass is 9.72. The van der Waals surface area contributed by atoms with Crippen LogP contribution in [0.1, 0.15) is 27.7 Å². The number of nitrogen functional groups attached to an aromatic ring is 1. The molecule has 3 heterocycles. The highest BCUT2D eigenvalue weighted by Crippen LogP contribution is 2.30. The van der Waals surface area contributed by atoms with E-state index in [-0.39, 0.29) is 28.6 Å². The number of rotatable bonds is 5. The first-order chi connectivity index (χ1) is 15.8. The van der Waals surface area contributed by atoms with E-state index < -0.39 is 37.0 Å². The first kappa shape index (κ1) is 22.8. The Morgan fingerprint density at radius 3 is 2.73 bits per heavy atom. The fourth-order valence-corrected chi connectivity index (χ4v) is 4.26. The van der Waals surface area contributed by atoms with E-state index in [1.165, 1.54) is 11.0 Å². The molecule has 1 fully saturated rings. The van der Waals surface area contributed by atoms with Gasteiger partial charge in [-0.15, -0.1) is 11.3 Å². The highest BCUT2D eigenvalue weighted by Gasteiger charge is 2.39. The lowest BCUT2D eigenvalue weighted by Crippen LogP contribution is -2.56. The smallest absolute Gasteiger partial charge is 0.534 e. The number of nitrogens with zero attached hydrogens (tertiary/aromatic N) is 2. The number of aromatic carboxylic acids is 1. The number of amides is 3. The maximum absolute atomic E-state index is 13.2. The Bertz CT molecular complexity index is 1060. The van der Waals surface area contributed by atoms with Crippen LogP contribution in [0.4, 0.5) is 9.93 Å². The normalized spacial score (nSPS) is 18.6. The maximum atomic E-state index is 13.2. The number of nitrogens with one attached hydrogen (secondary N) is 2. The number of urea groups is 1. The van der Waals surface area contributed by atoms with Crippen LogP contribution in [-0.4, -0.2) is 77.3 Å². The topological polar surface area (TPSA) is 176 Å². The van der Waals surface area contributed by atoms with Gasteiger partial charge < -0.3 is 40.8 Å². The summed E-state index contributed by atoms with van der Waals surface area (Å²) in [6, 6.07) is 2.98. The second kappa shape index (κ2) is 9.64. The third kappa shape index (κ3) is 5.02. The van der Waals surface area contributed by atoms with Gasteiger partial charge in [0.15, 0.2) is 11.2 Å². The maximum Gasteiger partial charge on any atom is 0.547 e. The summed E-state index contributed by atoms with van der Waals surface area (Å²) in [6.45, 7) is 1.57. The molecule has 1 unspecified atom stereocenters. The van der Waals surface area contributed by atoms with E-state index in [2.05, 4.69) is 15.6 Å². The van der Waals surface area contributed by atoms with Gasteiger partial charge >= 0.3 is 19.1 Å². The summed E-state index contributed by atoms with van der Waals surface area (Å²) in [5.74, 6) is -2.62. The average Bonchev–Trinajstić information content (AvgIpc) is 3.23. The number of anilines is 1. The lowest BCUT2D eigenvalue weighted by molar-refractivity contribution is -0.123. The molecule has 1 aromatic heterocycles. The van der Waals surface area contributed by atoms with E-state index in [1.807, 2.05) is 0 Å². The summed E-state index contributed by atoms with van der Waals surface area (Å²) in [5.41, 5.74) is 6.42. The number of morpholine rings is 1. The summed E-state index contributed by atoms with van der Waals surface area (Å²) in [7, 11) is -1.49. The largest absolute Gasteiger partial charge is 0.547 e. The highest BCUT2D eigenvalue weighted by atomic mass is 32.1. The molecule has 2 aliphatic rings. The summed E-state index contributed by atoms with van der Waals surface area (Å²) < 4.78 is 10.7. The van der Waals surface area contributed by atoms with Crippen molar-refractivity contribution in [2.45, 2.75) is 18.4 Å². The van der Waals surface area contributed by atoms with Crippen LogP contribution in [0.15, 0.2) is 23.6 Å². The van der Waals surface area contributed by atoms with Crippen LogP contribution in [0.3, 0.4) is 0 Å². The quantitative estimate of drug-likeness (QED) is 0.362. The number of hydrogen-bond donors (Lipinski definition) is 5. The van der Waals surface area contributed by atoms with Crippen molar-refractivity contribution in [2.75, 3.05) is 32.0 Å². The molecule has 4 rings (SSSR count). The molecule has 3 amide bonds. The van der Waals surface area contributed by atoms with Crippen molar-refractivity contribution in [1.82, 2.24) is 20.5 Å². The van der Waals surface area contributed by atoms with Crippen LogP contribution < -0.4 is 21.0 Å². The molecular weight excluding hydrogens is 453 g/mol. The second-order valence-corrected chi connectivity index (χ2v) is 8.41. The van der Waals surface area contributed by atoms with Crippen molar-refractivity contribution in [2.24, 2.45) is 0 Å². The van der Waals surface area contributed by atoms with Gasteiger partial charge in [0, 0.05) is 18.5 Å². The van der Waals surface area contributed by atoms with Gasteiger partial charge in [-0.3, -0.25) is 4.79 Å². The fraction of sp³-hybridized carbons (Fsp3) is 0.368. The van der Waals surface area contributed by atoms with E-state index in [1.54, 1.807) is 17.5 Å². The molecule has 2 atom stereocenters. The third-order valence-corrected chi connectivity index (χ3v) is 6.03. The second-order valence-electron chi connectivity index (χ2n) is 7.52. The molecule has 0 bridgehead atoms. The molecule has 2 aromatic rings. The molecule has 0 spiro atoms. The van der Waals surface area contributed by atoms with Crippen LogP contribution in [0, 0.1) is 0 Å². The van der Waals surface area contributed by atoms with Crippen molar-refractivity contribution in [3.05, 3.63) is 40.4 Å². The summed E-state index contributed by atoms with van der Waals surface area (Å²) >= 11 is 1.13. The van der Waals surface area contributed by atoms with Gasteiger partial charge in [0.2, 0.25) is 5.91 Å². The number of carboxylic acids is 1. The Balaban J connectivity index is 1.51. The minimum absolute atomic E-state index is 0.0624. The minimum Gasteiger partial charge on any atom is -0.534 e. The van der Waals surface area contributed by atoms with Crippen molar-refractivity contribution >= 4 is 41.5 Å². The molecule has 14 heteroatoms. The third-order valence-electron chi connectivity index (χ3n) is 5.34. The number of para-hydroxylation sites is 1. The number of thiazole rings is 1. The van der Waals surface area contributed by atoms with Gasteiger partial charge in [-0.1, -0.05) is 12.1 Å². The van der Waals surface area contributed by atoms with Crippen LogP contribution in [-0.2, 0) is 16.0 Å². The van der Waals surface area contributed by atoms with Crippen molar-refractivity contribution in [3.8, 4) is 5.75 Å². The van der Waals surface area contributed by atoms with E-state index >= 15 is 0 Å². The van der Waals surface area contributed by atoms with Crippen LogP contribution in [0.5, 0.6) is 5.75 Å². The number of carbonyl (C=O) groups excluding carboxylic acids is 2. The Labute approximate surface area is 192 Å². The Morgan fingerprint density at radius 2 is 2.06 bits per heavy atom. The van der Waals surface area contributed by atoms with Crippen LogP contribution in [0.2, 0.25) is 0 Å². The molecule has 12 nitrogen and oxygen atoms in total. The number of carboxylic acid groups (broad SMARTS) is 1. The number of fused-ring (bicyclic) bond motifs is 1. The molecule has 1 aromatic carbocycles. The summed E-state index contributed by atoms with van der Waals surface area (Å²) in [4.78, 5) is 43.0. The molecule has 33 heavy (non-hydrogen) atoms. The molecule has 174 valence electrons. The van der Waals surface area contributed by atoms with Gasteiger partial charge in [-0.05, 0) is 18.1 Å². The first-order valence-corrected chi connectivity index (χ1v) is 11.1. The van der Waals surface area contributed by atoms with E-state index in [9.17, 15) is 24.5 Å². The van der Waals surface area contributed by atoms with Gasteiger partial charge in [-0.2, -0.15) is 0 Å². The Morgan fingerprint density at radius 1 is 1.30 bits per heavy atom. The summed E-state index contributed by atoms with van der Waals surface area (Å²) in [6.07, 6.45) is 0.132. The van der Waals surface area contributed by atoms with Crippen LogP contribution in [0.25, 0.3) is 0 Å². The molecule has 0 radical (unpaired) electrons. The number of hydrogen-bond acceptors (Lipinski definition) is 9. The van der Waals surface area contributed by atoms with Crippen molar-refractivity contribution in [1.29, 1.82) is 0 Å². The Hall–Kier alpha value is -3.36. The number of nitrogens with two attached hydrogens (primary N) is 1. The van der Waals surface area contributed by atoms with Gasteiger partial charge in [0.1, 0.15) is 5.75 Å². The SMILES string of the molecule is Nc1nc(C(NC(=O)N2CCOCC2)C(=O)N[C@H]2Cc3cccc(C(=O)O)c3OB2O)cs1.